The maximum absolute atomic E-state index is 13.5. The fourth-order valence-electron chi connectivity index (χ4n) is 2.39. The zero-order valence-corrected chi connectivity index (χ0v) is 12.0. The molecule has 5 nitrogen and oxygen atoms in total. The van der Waals surface area contributed by atoms with Crippen LogP contribution in [-0.2, 0) is 9.53 Å². The lowest BCUT2D eigenvalue weighted by Gasteiger charge is -2.30. The molecule has 0 aromatic heterocycles. The molecule has 1 heterocycles. The minimum Gasteiger partial charge on any atom is -0.453 e. The topological polar surface area (TPSA) is 58.6 Å². The Morgan fingerprint density at radius 1 is 1.47 bits per heavy atom. The van der Waals surface area contributed by atoms with Gasteiger partial charge in [0.15, 0.2) is 0 Å². The van der Waals surface area contributed by atoms with E-state index in [0.717, 1.165) is 6.42 Å². The number of rotatable bonds is 4. The first-order chi connectivity index (χ1) is 8.90. The monoisotopic (exact) mass is 274 g/mol. The highest BCUT2D eigenvalue weighted by Gasteiger charge is 2.38. The summed E-state index contributed by atoms with van der Waals surface area (Å²) in [6, 6.07) is -0.755. The van der Waals surface area contributed by atoms with Crippen LogP contribution in [0.5, 0.6) is 0 Å². The molecule has 0 aromatic rings. The van der Waals surface area contributed by atoms with Crippen LogP contribution in [0.2, 0.25) is 0 Å². The lowest BCUT2D eigenvalue weighted by Crippen LogP contribution is -2.52. The van der Waals surface area contributed by atoms with Crippen molar-refractivity contribution < 1.29 is 18.7 Å². The Kier molecular flexibility index (Phi) is 5.57. The molecule has 1 aliphatic heterocycles. The molecule has 19 heavy (non-hydrogen) atoms. The predicted octanol–water partition coefficient (Wildman–Crippen LogP) is 1.72. The molecule has 0 aromatic carbocycles. The minimum absolute atomic E-state index is 0.0804. The first kappa shape index (κ1) is 15.7. The van der Waals surface area contributed by atoms with Gasteiger partial charge in [0, 0.05) is 12.5 Å². The zero-order chi connectivity index (χ0) is 14.6. The highest BCUT2D eigenvalue weighted by Crippen LogP contribution is 2.24. The highest BCUT2D eigenvalue weighted by molar-refractivity contribution is 5.86. The van der Waals surface area contributed by atoms with Gasteiger partial charge in [-0.1, -0.05) is 20.8 Å². The van der Waals surface area contributed by atoms with E-state index in [1.54, 1.807) is 4.90 Å². The van der Waals surface area contributed by atoms with Gasteiger partial charge in [-0.3, -0.25) is 4.79 Å². The minimum atomic E-state index is -0.972. The Morgan fingerprint density at radius 3 is 2.58 bits per heavy atom. The molecule has 3 atom stereocenters. The van der Waals surface area contributed by atoms with Gasteiger partial charge in [-0.25, -0.2) is 9.18 Å². The summed E-state index contributed by atoms with van der Waals surface area (Å²) in [5.41, 5.74) is 0. The fourth-order valence-corrected chi connectivity index (χ4v) is 2.39. The van der Waals surface area contributed by atoms with Gasteiger partial charge >= 0.3 is 6.09 Å². The van der Waals surface area contributed by atoms with E-state index >= 15 is 0 Å². The number of likely N-dealkylation sites (tertiary alicyclic amines) is 1. The van der Waals surface area contributed by atoms with Crippen LogP contribution in [-0.4, -0.2) is 48.8 Å². The number of nitrogens with zero attached hydrogens (tertiary/aromatic N) is 1. The van der Waals surface area contributed by atoms with Crippen LogP contribution < -0.4 is 5.32 Å². The van der Waals surface area contributed by atoms with Crippen molar-refractivity contribution >= 4 is 12.0 Å². The average Bonchev–Trinajstić information content (AvgIpc) is 2.75. The molecule has 6 heteroatoms. The number of carbonyl (C=O) groups is 2. The third-order valence-electron chi connectivity index (χ3n) is 3.51. The molecule has 2 amide bonds. The SMILES string of the molecule is CC[C@@H]1C[C@H](F)CN1C(=O)[C@@H](NC(=O)OC)C(C)C. The third-order valence-corrected chi connectivity index (χ3v) is 3.51. The van der Waals surface area contributed by atoms with E-state index in [1.165, 1.54) is 7.11 Å². The van der Waals surface area contributed by atoms with Crippen LogP contribution in [0.1, 0.15) is 33.6 Å². The molecule has 0 saturated carbocycles. The van der Waals surface area contributed by atoms with Crippen LogP contribution in [0.3, 0.4) is 0 Å². The molecule has 0 radical (unpaired) electrons. The normalized spacial score (nSPS) is 24.4. The Hall–Kier alpha value is -1.33. The van der Waals surface area contributed by atoms with Crippen molar-refractivity contribution in [2.45, 2.75) is 51.9 Å². The number of carbonyl (C=O) groups excluding carboxylic acids is 2. The Morgan fingerprint density at radius 2 is 2.11 bits per heavy atom. The summed E-state index contributed by atoms with van der Waals surface area (Å²) in [5, 5.41) is 2.53. The van der Waals surface area contributed by atoms with E-state index in [9.17, 15) is 14.0 Å². The molecular formula is C13H23FN2O3. The summed E-state index contributed by atoms with van der Waals surface area (Å²) in [6.07, 6.45) is -0.517. The van der Waals surface area contributed by atoms with E-state index in [4.69, 9.17) is 0 Å². The molecule has 1 aliphatic rings. The van der Waals surface area contributed by atoms with Crippen molar-refractivity contribution in [1.82, 2.24) is 10.2 Å². The number of alkyl halides is 1. The number of ether oxygens (including phenoxy) is 1. The lowest BCUT2D eigenvalue weighted by molar-refractivity contribution is -0.135. The van der Waals surface area contributed by atoms with E-state index in [-0.39, 0.29) is 24.4 Å². The van der Waals surface area contributed by atoms with Gasteiger partial charge in [-0.05, 0) is 12.3 Å². The molecule has 1 fully saturated rings. The highest BCUT2D eigenvalue weighted by atomic mass is 19.1. The third kappa shape index (κ3) is 3.81. The van der Waals surface area contributed by atoms with Gasteiger partial charge in [0.2, 0.25) is 5.91 Å². The first-order valence-corrected chi connectivity index (χ1v) is 6.69. The molecule has 1 rings (SSSR count). The molecule has 0 aliphatic carbocycles. The second-order valence-corrected chi connectivity index (χ2v) is 5.24. The van der Waals surface area contributed by atoms with E-state index in [0.29, 0.717) is 6.42 Å². The van der Waals surface area contributed by atoms with E-state index in [2.05, 4.69) is 10.1 Å². The van der Waals surface area contributed by atoms with Crippen LogP contribution in [0.4, 0.5) is 9.18 Å². The Balaban J connectivity index is 2.78. The molecule has 0 bridgehead atoms. The van der Waals surface area contributed by atoms with Crippen LogP contribution in [0.15, 0.2) is 0 Å². The summed E-state index contributed by atoms with van der Waals surface area (Å²) in [7, 11) is 1.25. The maximum atomic E-state index is 13.5. The van der Waals surface area contributed by atoms with E-state index in [1.807, 2.05) is 20.8 Å². The molecular weight excluding hydrogens is 251 g/mol. The second-order valence-electron chi connectivity index (χ2n) is 5.24. The molecule has 0 unspecified atom stereocenters. The van der Waals surface area contributed by atoms with Crippen LogP contribution in [0.25, 0.3) is 0 Å². The summed E-state index contributed by atoms with van der Waals surface area (Å²) < 4.78 is 18.0. The second kappa shape index (κ2) is 6.73. The number of amides is 2. The van der Waals surface area contributed by atoms with Crippen molar-refractivity contribution in [2.24, 2.45) is 5.92 Å². The standard InChI is InChI=1S/C13H23FN2O3/c1-5-10-6-9(14)7-16(10)12(17)11(8(2)3)15-13(18)19-4/h8-11H,5-7H2,1-4H3,(H,15,18)/t9-,10+,11-/m0/s1. The number of alkyl carbamates (subject to hydrolysis) is 1. The predicted molar refractivity (Wildman–Crippen MR) is 69.5 cm³/mol. The smallest absolute Gasteiger partial charge is 0.407 e. The number of hydrogen-bond acceptors (Lipinski definition) is 3. The van der Waals surface area contributed by atoms with Crippen molar-refractivity contribution in [3.05, 3.63) is 0 Å². The summed E-state index contributed by atoms with van der Waals surface area (Å²) in [5.74, 6) is -0.310. The van der Waals surface area contributed by atoms with Gasteiger partial charge in [0.05, 0.1) is 13.7 Å². The quantitative estimate of drug-likeness (QED) is 0.849. The Bertz CT molecular complexity index is 336. The van der Waals surface area contributed by atoms with Gasteiger partial charge in [-0.15, -0.1) is 0 Å². The van der Waals surface area contributed by atoms with Gasteiger partial charge in [0.1, 0.15) is 12.2 Å². The van der Waals surface area contributed by atoms with Gasteiger partial charge in [0.25, 0.3) is 0 Å². The average molecular weight is 274 g/mol. The summed E-state index contributed by atoms with van der Waals surface area (Å²) in [6.45, 7) is 5.72. The van der Waals surface area contributed by atoms with Gasteiger partial charge in [-0.2, -0.15) is 0 Å². The van der Waals surface area contributed by atoms with Crippen molar-refractivity contribution in [2.75, 3.05) is 13.7 Å². The number of methoxy groups -OCH3 is 1. The largest absolute Gasteiger partial charge is 0.453 e. The molecule has 0 spiro atoms. The van der Waals surface area contributed by atoms with Gasteiger partial charge < -0.3 is 15.0 Å². The Labute approximate surface area is 113 Å². The molecule has 110 valence electrons. The number of hydrogen-bond donors (Lipinski definition) is 1. The van der Waals surface area contributed by atoms with Crippen molar-refractivity contribution in [3.63, 3.8) is 0 Å². The number of nitrogens with one attached hydrogen (secondary N) is 1. The lowest BCUT2D eigenvalue weighted by atomic mass is 10.0. The number of halogens is 1. The summed E-state index contributed by atoms with van der Waals surface area (Å²) in [4.78, 5) is 25.3. The maximum Gasteiger partial charge on any atom is 0.407 e. The molecule has 1 N–H and O–H groups in total. The first-order valence-electron chi connectivity index (χ1n) is 6.69. The zero-order valence-electron chi connectivity index (χ0n) is 12.0. The van der Waals surface area contributed by atoms with Crippen molar-refractivity contribution in [3.8, 4) is 0 Å². The fraction of sp³-hybridized carbons (Fsp3) is 0.846. The van der Waals surface area contributed by atoms with Crippen molar-refractivity contribution in [1.29, 1.82) is 0 Å². The summed E-state index contributed by atoms with van der Waals surface area (Å²) >= 11 is 0. The van der Waals surface area contributed by atoms with Crippen LogP contribution in [0, 0.1) is 5.92 Å². The molecule has 1 saturated heterocycles. The van der Waals surface area contributed by atoms with Crippen LogP contribution >= 0.6 is 0 Å². The van der Waals surface area contributed by atoms with E-state index < -0.39 is 18.3 Å².